The highest BCUT2D eigenvalue weighted by molar-refractivity contribution is 5.97. The van der Waals surface area contributed by atoms with Crippen LogP contribution in [0.4, 0.5) is 11.4 Å². The molecule has 0 atom stereocenters. The van der Waals surface area contributed by atoms with Crippen molar-refractivity contribution in [2.24, 2.45) is 0 Å². The van der Waals surface area contributed by atoms with E-state index in [1.54, 1.807) is 0 Å². The predicted molar refractivity (Wildman–Crippen MR) is 89.7 cm³/mol. The Morgan fingerprint density at radius 2 is 1.95 bits per heavy atom. The molecule has 1 aliphatic carbocycles. The number of hydrogen-bond acceptors (Lipinski definition) is 4. The number of para-hydroxylation sites is 1. The Hall–Kier alpha value is -1.81. The van der Waals surface area contributed by atoms with Crippen LogP contribution in [0.15, 0.2) is 30.5 Å². The van der Waals surface area contributed by atoms with Crippen LogP contribution in [0.1, 0.15) is 19.3 Å². The number of anilines is 2. The van der Waals surface area contributed by atoms with Crippen molar-refractivity contribution >= 4 is 22.3 Å². The lowest BCUT2D eigenvalue weighted by Crippen LogP contribution is -2.56. The number of nitrogen functional groups attached to an aromatic ring is 1. The van der Waals surface area contributed by atoms with E-state index in [2.05, 4.69) is 48.1 Å². The number of aromatic nitrogens is 1. The molecule has 1 aromatic heterocycles. The summed E-state index contributed by atoms with van der Waals surface area (Å²) in [6, 6.07) is 8.10. The van der Waals surface area contributed by atoms with Crippen molar-refractivity contribution in [1.29, 1.82) is 0 Å². The quantitative estimate of drug-likeness (QED) is 0.877. The molecule has 0 radical (unpaired) electrons. The summed E-state index contributed by atoms with van der Waals surface area (Å²) >= 11 is 0. The van der Waals surface area contributed by atoms with Crippen LogP contribution in [0.2, 0.25) is 0 Å². The van der Waals surface area contributed by atoms with Crippen LogP contribution in [0, 0.1) is 0 Å². The van der Waals surface area contributed by atoms with E-state index in [-0.39, 0.29) is 0 Å². The lowest BCUT2D eigenvalue weighted by Gasteiger charge is -2.49. The zero-order valence-electron chi connectivity index (χ0n) is 13.1. The lowest BCUT2D eigenvalue weighted by atomic mass is 9.75. The fourth-order valence-electron chi connectivity index (χ4n) is 3.38. The van der Waals surface area contributed by atoms with E-state index in [0.717, 1.165) is 23.1 Å². The molecule has 1 fully saturated rings. The number of nitrogens with two attached hydrogens (primary N) is 1. The van der Waals surface area contributed by atoms with E-state index in [1.807, 2.05) is 18.3 Å². The first kappa shape index (κ1) is 14.1. The summed E-state index contributed by atoms with van der Waals surface area (Å²) in [6.07, 6.45) is 5.73. The van der Waals surface area contributed by atoms with Crippen molar-refractivity contribution in [3.63, 3.8) is 0 Å². The first-order chi connectivity index (χ1) is 10.0. The molecule has 1 aliphatic rings. The maximum atomic E-state index is 6.05. The van der Waals surface area contributed by atoms with Crippen LogP contribution in [0.5, 0.6) is 0 Å². The second-order valence-corrected chi connectivity index (χ2v) is 6.40. The molecule has 0 unspecified atom stereocenters. The summed E-state index contributed by atoms with van der Waals surface area (Å²) in [5.74, 6) is 0. The van der Waals surface area contributed by atoms with Gasteiger partial charge >= 0.3 is 0 Å². The van der Waals surface area contributed by atoms with Gasteiger partial charge in [0, 0.05) is 36.4 Å². The van der Waals surface area contributed by atoms with Gasteiger partial charge in [0.2, 0.25) is 0 Å². The molecule has 0 bridgehead atoms. The summed E-state index contributed by atoms with van der Waals surface area (Å²) < 4.78 is 0. The Morgan fingerprint density at radius 1 is 1.19 bits per heavy atom. The van der Waals surface area contributed by atoms with Crippen molar-refractivity contribution in [3.05, 3.63) is 30.5 Å². The average molecular weight is 284 g/mol. The summed E-state index contributed by atoms with van der Waals surface area (Å²) in [7, 11) is 6.55. The highest BCUT2D eigenvalue weighted by Gasteiger charge is 2.40. The number of likely N-dealkylation sites (N-methyl/N-ethyl adjacent to an activating group) is 2. The third-order valence-corrected chi connectivity index (χ3v) is 4.95. The second kappa shape index (κ2) is 5.19. The number of hydrogen-bond donors (Lipinski definition) is 1. The van der Waals surface area contributed by atoms with Gasteiger partial charge in [-0.2, -0.15) is 0 Å². The zero-order valence-corrected chi connectivity index (χ0v) is 13.1. The van der Waals surface area contributed by atoms with E-state index in [4.69, 9.17) is 5.73 Å². The third kappa shape index (κ3) is 2.33. The van der Waals surface area contributed by atoms with Gasteiger partial charge in [-0.15, -0.1) is 0 Å². The Balaban J connectivity index is 1.95. The Bertz CT molecular complexity index is 646. The molecular weight excluding hydrogens is 260 g/mol. The highest BCUT2D eigenvalue weighted by atomic mass is 15.2. The van der Waals surface area contributed by atoms with Gasteiger partial charge in [-0.1, -0.05) is 12.1 Å². The SMILES string of the molecule is CN(CC1(N(C)C)CCC1)c1ccnc2c(N)cccc12. The van der Waals surface area contributed by atoms with Gasteiger partial charge in [-0.25, -0.2) is 0 Å². The lowest BCUT2D eigenvalue weighted by molar-refractivity contribution is 0.0684. The van der Waals surface area contributed by atoms with Crippen molar-refractivity contribution in [1.82, 2.24) is 9.88 Å². The minimum absolute atomic E-state index is 0.310. The summed E-state index contributed by atoms with van der Waals surface area (Å²) in [5, 5.41) is 1.13. The Kier molecular flexibility index (Phi) is 3.49. The first-order valence-electron chi connectivity index (χ1n) is 7.55. The van der Waals surface area contributed by atoms with Crippen LogP contribution in [-0.4, -0.2) is 43.1 Å². The largest absolute Gasteiger partial charge is 0.397 e. The van der Waals surface area contributed by atoms with Crippen molar-refractivity contribution in [3.8, 4) is 0 Å². The minimum atomic E-state index is 0.310. The molecule has 2 N–H and O–H groups in total. The standard InChI is InChI=1S/C17H24N4/c1-20(2)17(9-5-10-17)12-21(3)15-8-11-19-16-13(15)6-4-7-14(16)18/h4,6-8,11H,5,9-10,12,18H2,1-3H3. The summed E-state index contributed by atoms with van der Waals surface area (Å²) in [4.78, 5) is 9.16. The maximum Gasteiger partial charge on any atom is 0.0951 e. The van der Waals surface area contributed by atoms with E-state index >= 15 is 0 Å². The van der Waals surface area contributed by atoms with Crippen LogP contribution in [0.3, 0.4) is 0 Å². The van der Waals surface area contributed by atoms with Crippen LogP contribution < -0.4 is 10.6 Å². The molecule has 1 saturated carbocycles. The number of fused-ring (bicyclic) bond motifs is 1. The summed E-state index contributed by atoms with van der Waals surface area (Å²) in [5.41, 5.74) is 9.21. The molecule has 0 saturated heterocycles. The normalized spacial score (nSPS) is 17.0. The molecule has 0 amide bonds. The smallest absolute Gasteiger partial charge is 0.0951 e. The zero-order chi connectivity index (χ0) is 15.0. The van der Waals surface area contributed by atoms with Gasteiger partial charge in [0.25, 0.3) is 0 Å². The highest BCUT2D eigenvalue weighted by Crippen LogP contribution is 2.38. The fourth-order valence-corrected chi connectivity index (χ4v) is 3.38. The van der Waals surface area contributed by atoms with Crippen LogP contribution in [-0.2, 0) is 0 Å². The Labute approximate surface area is 126 Å². The predicted octanol–water partition coefficient (Wildman–Crippen LogP) is 2.74. The molecular formula is C17H24N4. The maximum absolute atomic E-state index is 6.05. The molecule has 0 aliphatic heterocycles. The second-order valence-electron chi connectivity index (χ2n) is 6.40. The molecule has 112 valence electrons. The molecule has 1 aromatic carbocycles. The monoisotopic (exact) mass is 284 g/mol. The fraction of sp³-hybridized carbons (Fsp3) is 0.471. The van der Waals surface area contributed by atoms with Crippen molar-refractivity contribution in [2.45, 2.75) is 24.8 Å². The van der Waals surface area contributed by atoms with Gasteiger partial charge in [0.05, 0.1) is 11.2 Å². The van der Waals surface area contributed by atoms with Crippen molar-refractivity contribution < 1.29 is 0 Å². The third-order valence-electron chi connectivity index (χ3n) is 4.95. The topological polar surface area (TPSA) is 45.4 Å². The number of benzene rings is 1. The van der Waals surface area contributed by atoms with E-state index in [1.165, 1.54) is 24.9 Å². The molecule has 4 heteroatoms. The minimum Gasteiger partial charge on any atom is -0.397 e. The van der Waals surface area contributed by atoms with E-state index in [0.29, 0.717) is 5.54 Å². The van der Waals surface area contributed by atoms with Crippen LogP contribution >= 0.6 is 0 Å². The van der Waals surface area contributed by atoms with Gasteiger partial charge in [0.1, 0.15) is 0 Å². The van der Waals surface area contributed by atoms with Gasteiger partial charge in [-0.3, -0.25) is 4.98 Å². The molecule has 0 spiro atoms. The first-order valence-corrected chi connectivity index (χ1v) is 7.55. The van der Waals surface area contributed by atoms with E-state index in [9.17, 15) is 0 Å². The Morgan fingerprint density at radius 3 is 2.57 bits per heavy atom. The van der Waals surface area contributed by atoms with E-state index < -0.39 is 0 Å². The van der Waals surface area contributed by atoms with Gasteiger partial charge in [-0.05, 0) is 45.5 Å². The summed E-state index contributed by atoms with van der Waals surface area (Å²) in [6.45, 7) is 1.04. The molecule has 21 heavy (non-hydrogen) atoms. The molecule has 4 nitrogen and oxygen atoms in total. The number of rotatable bonds is 4. The molecule has 2 aromatic rings. The van der Waals surface area contributed by atoms with Crippen LogP contribution in [0.25, 0.3) is 10.9 Å². The molecule has 3 rings (SSSR count). The molecule has 1 heterocycles. The number of pyridine rings is 1. The number of nitrogens with zero attached hydrogens (tertiary/aromatic N) is 3. The van der Waals surface area contributed by atoms with Gasteiger partial charge < -0.3 is 15.5 Å². The van der Waals surface area contributed by atoms with Gasteiger partial charge in [0.15, 0.2) is 0 Å². The average Bonchev–Trinajstić information content (AvgIpc) is 2.42. The van der Waals surface area contributed by atoms with Crippen molar-refractivity contribution in [2.75, 3.05) is 38.3 Å².